The van der Waals surface area contributed by atoms with Crippen molar-refractivity contribution in [1.82, 2.24) is 30.0 Å². The minimum absolute atomic E-state index is 0.511. The fourth-order valence-electron chi connectivity index (χ4n) is 4.88. The Bertz CT molecular complexity index is 1300. The number of piperidine rings is 2. The molecule has 0 radical (unpaired) electrons. The maximum atomic E-state index is 9.75. The van der Waals surface area contributed by atoms with Gasteiger partial charge in [0, 0.05) is 72.9 Å². The van der Waals surface area contributed by atoms with Gasteiger partial charge in [-0.3, -0.25) is 4.68 Å². The van der Waals surface area contributed by atoms with Crippen molar-refractivity contribution >= 4 is 16.9 Å². The first-order valence-electron chi connectivity index (χ1n) is 10.6. The standard InChI is InChI=1S/C23H22N8/c1-30-12-16(10-28-30)20-6-19-22(15(7-24)9-27-23(19)29-20)14-2-5-21(26-8-14)31-13-17-3-4-18(31)11-25-17/h2,5-6,8-10,12,17-18,25H,3-4,11,13H2,1H3,(H,27,29). The van der Waals surface area contributed by atoms with E-state index in [1.54, 1.807) is 10.9 Å². The Balaban J connectivity index is 1.41. The molecule has 0 aliphatic carbocycles. The lowest BCUT2D eigenvalue weighted by molar-refractivity contribution is 0.289. The van der Waals surface area contributed by atoms with Gasteiger partial charge in [0.1, 0.15) is 17.5 Å². The number of anilines is 1. The fourth-order valence-corrected chi connectivity index (χ4v) is 4.88. The lowest BCUT2D eigenvalue weighted by Crippen LogP contribution is -2.61. The maximum Gasteiger partial charge on any atom is 0.138 e. The number of nitrogens with zero attached hydrogens (tertiary/aromatic N) is 6. The monoisotopic (exact) mass is 410 g/mol. The Hall–Kier alpha value is -3.70. The normalized spacial score (nSPS) is 20.3. The van der Waals surface area contributed by atoms with Gasteiger partial charge in [0.2, 0.25) is 0 Å². The third-order valence-corrected chi connectivity index (χ3v) is 6.47. The van der Waals surface area contributed by atoms with Gasteiger partial charge in [-0.05, 0) is 31.0 Å². The number of aryl methyl sites for hydroxylation is 1. The van der Waals surface area contributed by atoms with E-state index in [4.69, 9.17) is 4.98 Å². The number of aromatic amines is 1. The number of fused-ring (bicyclic) bond motifs is 4. The Morgan fingerprint density at radius 3 is 2.71 bits per heavy atom. The highest BCUT2D eigenvalue weighted by Gasteiger charge is 2.34. The summed E-state index contributed by atoms with van der Waals surface area (Å²) in [5.41, 5.74) is 4.97. The summed E-state index contributed by atoms with van der Waals surface area (Å²) in [6.07, 6.45) is 9.74. The molecule has 154 valence electrons. The van der Waals surface area contributed by atoms with Gasteiger partial charge in [-0.15, -0.1) is 0 Å². The Kier molecular flexibility index (Phi) is 4.04. The van der Waals surface area contributed by atoms with Gasteiger partial charge in [0.15, 0.2) is 0 Å². The van der Waals surface area contributed by atoms with Crippen LogP contribution in [0.15, 0.2) is 43.0 Å². The lowest BCUT2D eigenvalue weighted by Gasteiger charge is -2.46. The smallest absolute Gasteiger partial charge is 0.138 e. The Morgan fingerprint density at radius 1 is 1.13 bits per heavy atom. The van der Waals surface area contributed by atoms with Crippen molar-refractivity contribution in [3.05, 3.63) is 48.5 Å². The number of piperazine rings is 1. The van der Waals surface area contributed by atoms with Gasteiger partial charge in [-0.2, -0.15) is 10.4 Å². The zero-order valence-corrected chi connectivity index (χ0v) is 17.2. The predicted molar refractivity (Wildman–Crippen MR) is 118 cm³/mol. The molecular formula is C23H22N8. The molecule has 7 heterocycles. The molecule has 2 atom stereocenters. The lowest BCUT2D eigenvalue weighted by atomic mass is 9.93. The summed E-state index contributed by atoms with van der Waals surface area (Å²) >= 11 is 0. The fraction of sp³-hybridized carbons (Fsp3) is 0.304. The van der Waals surface area contributed by atoms with Crippen LogP contribution in [-0.2, 0) is 7.05 Å². The number of hydrogen-bond acceptors (Lipinski definition) is 6. The largest absolute Gasteiger partial charge is 0.351 e. The minimum Gasteiger partial charge on any atom is -0.351 e. The van der Waals surface area contributed by atoms with Crippen LogP contribution in [0.1, 0.15) is 18.4 Å². The van der Waals surface area contributed by atoms with Crippen LogP contribution in [0.3, 0.4) is 0 Å². The molecule has 4 aromatic heterocycles. The van der Waals surface area contributed by atoms with Crippen molar-refractivity contribution in [3.8, 4) is 28.5 Å². The second-order valence-corrected chi connectivity index (χ2v) is 8.40. The molecule has 0 saturated carbocycles. The molecule has 3 fully saturated rings. The summed E-state index contributed by atoms with van der Waals surface area (Å²) < 4.78 is 1.77. The minimum atomic E-state index is 0.511. The van der Waals surface area contributed by atoms with E-state index >= 15 is 0 Å². The van der Waals surface area contributed by atoms with Gasteiger partial charge in [-0.25, -0.2) is 9.97 Å². The van der Waals surface area contributed by atoms with Gasteiger partial charge < -0.3 is 15.2 Å². The number of nitriles is 1. The van der Waals surface area contributed by atoms with Crippen molar-refractivity contribution in [3.63, 3.8) is 0 Å². The van der Waals surface area contributed by atoms with E-state index in [0.29, 0.717) is 17.6 Å². The third-order valence-electron chi connectivity index (χ3n) is 6.47. The zero-order chi connectivity index (χ0) is 20.9. The number of aromatic nitrogens is 5. The zero-order valence-electron chi connectivity index (χ0n) is 17.2. The molecule has 3 aliphatic heterocycles. The highest BCUT2D eigenvalue weighted by molar-refractivity contribution is 5.98. The molecule has 2 N–H and O–H groups in total. The first-order valence-corrected chi connectivity index (χ1v) is 10.6. The second-order valence-electron chi connectivity index (χ2n) is 8.40. The van der Waals surface area contributed by atoms with Gasteiger partial charge in [0.05, 0.1) is 17.5 Å². The number of pyridine rings is 2. The summed E-state index contributed by atoms with van der Waals surface area (Å²) in [6.45, 7) is 2.03. The molecule has 2 unspecified atom stereocenters. The molecule has 0 amide bonds. The van der Waals surface area contributed by atoms with Crippen LogP contribution in [0, 0.1) is 11.3 Å². The summed E-state index contributed by atoms with van der Waals surface area (Å²) in [5, 5.41) is 18.5. The highest BCUT2D eigenvalue weighted by Crippen LogP contribution is 2.35. The summed E-state index contributed by atoms with van der Waals surface area (Å²) in [4.78, 5) is 15.0. The Labute approximate surface area is 179 Å². The SMILES string of the molecule is Cn1cc(-c2cc3c(-c4ccc(N5CC6CCC5CN6)nc4)c(C#N)cnc3[nH]2)cn1. The summed E-state index contributed by atoms with van der Waals surface area (Å²) in [5.74, 6) is 1.01. The average Bonchev–Trinajstić information content (AvgIpc) is 3.45. The van der Waals surface area contributed by atoms with Crippen LogP contribution in [0.4, 0.5) is 5.82 Å². The molecule has 2 bridgehead atoms. The number of nitrogens with one attached hydrogen (secondary N) is 2. The first kappa shape index (κ1) is 18.1. The van der Waals surface area contributed by atoms with Crippen molar-refractivity contribution in [2.45, 2.75) is 24.9 Å². The molecular weight excluding hydrogens is 388 g/mol. The molecule has 31 heavy (non-hydrogen) atoms. The molecule has 7 rings (SSSR count). The molecule has 0 aromatic carbocycles. The predicted octanol–water partition coefficient (Wildman–Crippen LogP) is 2.84. The van der Waals surface area contributed by atoms with Crippen LogP contribution in [0.5, 0.6) is 0 Å². The van der Waals surface area contributed by atoms with E-state index in [-0.39, 0.29) is 0 Å². The second kappa shape index (κ2) is 6.93. The van der Waals surface area contributed by atoms with Crippen molar-refractivity contribution in [2.24, 2.45) is 7.05 Å². The molecule has 3 saturated heterocycles. The quantitative estimate of drug-likeness (QED) is 0.539. The van der Waals surface area contributed by atoms with E-state index in [1.165, 1.54) is 12.8 Å². The topological polar surface area (TPSA) is 98.5 Å². The van der Waals surface area contributed by atoms with Crippen molar-refractivity contribution < 1.29 is 0 Å². The molecule has 8 nitrogen and oxygen atoms in total. The molecule has 8 heteroatoms. The number of hydrogen-bond donors (Lipinski definition) is 2. The Morgan fingerprint density at radius 2 is 2.06 bits per heavy atom. The highest BCUT2D eigenvalue weighted by atomic mass is 15.3. The number of rotatable bonds is 3. The van der Waals surface area contributed by atoms with Crippen LogP contribution < -0.4 is 10.2 Å². The summed E-state index contributed by atoms with van der Waals surface area (Å²) in [7, 11) is 1.89. The van der Waals surface area contributed by atoms with Crippen LogP contribution in [-0.4, -0.2) is 49.9 Å². The summed E-state index contributed by atoms with van der Waals surface area (Å²) in [6, 6.07) is 9.56. The molecule has 3 aliphatic rings. The van der Waals surface area contributed by atoms with E-state index in [9.17, 15) is 5.26 Å². The molecule has 0 spiro atoms. The number of H-pyrrole nitrogens is 1. The van der Waals surface area contributed by atoms with Gasteiger partial charge >= 0.3 is 0 Å². The average molecular weight is 410 g/mol. The van der Waals surface area contributed by atoms with Crippen LogP contribution in [0.25, 0.3) is 33.4 Å². The van der Waals surface area contributed by atoms with Crippen LogP contribution >= 0.6 is 0 Å². The van der Waals surface area contributed by atoms with Gasteiger partial charge in [-0.1, -0.05) is 0 Å². The van der Waals surface area contributed by atoms with E-state index in [2.05, 4.69) is 43.5 Å². The van der Waals surface area contributed by atoms with Crippen molar-refractivity contribution in [2.75, 3.05) is 18.0 Å². The van der Waals surface area contributed by atoms with E-state index in [1.807, 2.05) is 31.7 Å². The van der Waals surface area contributed by atoms with Crippen molar-refractivity contribution in [1.29, 1.82) is 5.26 Å². The molecule has 4 aromatic rings. The van der Waals surface area contributed by atoms with Crippen LogP contribution in [0.2, 0.25) is 0 Å². The van der Waals surface area contributed by atoms with Gasteiger partial charge in [0.25, 0.3) is 0 Å². The first-order chi connectivity index (χ1) is 15.2. The van der Waals surface area contributed by atoms with E-state index in [0.717, 1.165) is 52.3 Å². The third kappa shape index (κ3) is 2.97. The van der Waals surface area contributed by atoms with E-state index < -0.39 is 0 Å². The maximum absolute atomic E-state index is 9.75.